The van der Waals surface area contributed by atoms with Crippen LogP contribution in [0.15, 0.2) is 36.7 Å². The Balaban J connectivity index is 1.76. The predicted octanol–water partition coefficient (Wildman–Crippen LogP) is 4.27. The molecule has 1 aliphatic carbocycles. The lowest BCUT2D eigenvalue weighted by atomic mass is 9.94. The first-order valence-electron chi connectivity index (χ1n) is 8.66. The molecule has 5 heteroatoms. The first-order valence-corrected chi connectivity index (χ1v) is 9.03. The number of amides is 1. The molecule has 1 aliphatic rings. The fourth-order valence-corrected chi connectivity index (χ4v) is 3.68. The van der Waals surface area contributed by atoms with E-state index < -0.39 is 0 Å². The van der Waals surface area contributed by atoms with E-state index in [2.05, 4.69) is 9.55 Å². The van der Waals surface area contributed by atoms with Crippen molar-refractivity contribution >= 4 is 17.5 Å². The average Bonchev–Trinajstić information content (AvgIpc) is 3.02. The summed E-state index contributed by atoms with van der Waals surface area (Å²) in [5.41, 5.74) is 1.06. The lowest BCUT2D eigenvalue weighted by molar-refractivity contribution is -0.132. The fraction of sp³-hybridized carbons (Fsp3) is 0.474. The van der Waals surface area contributed by atoms with Gasteiger partial charge >= 0.3 is 0 Å². The molecule has 1 aromatic carbocycles. The summed E-state index contributed by atoms with van der Waals surface area (Å²) in [7, 11) is 0. The molecule has 0 saturated heterocycles. The second-order valence-electron chi connectivity index (χ2n) is 6.50. The molecule has 0 aliphatic heterocycles. The van der Waals surface area contributed by atoms with Gasteiger partial charge < -0.3 is 9.47 Å². The molecule has 0 atom stereocenters. The molecule has 1 aromatic heterocycles. The van der Waals surface area contributed by atoms with Crippen molar-refractivity contribution in [3.8, 4) is 0 Å². The quantitative estimate of drug-likeness (QED) is 0.811. The largest absolute Gasteiger partial charge is 0.332 e. The van der Waals surface area contributed by atoms with Crippen LogP contribution in [0.4, 0.5) is 0 Å². The second-order valence-corrected chi connectivity index (χ2v) is 6.91. The van der Waals surface area contributed by atoms with Gasteiger partial charge in [-0.2, -0.15) is 0 Å². The molecule has 0 N–H and O–H groups in total. The van der Waals surface area contributed by atoms with Gasteiger partial charge in [-0.25, -0.2) is 4.98 Å². The van der Waals surface area contributed by atoms with Gasteiger partial charge in [0.15, 0.2) is 0 Å². The lowest BCUT2D eigenvalue weighted by Crippen LogP contribution is -2.40. The zero-order valence-electron chi connectivity index (χ0n) is 14.1. The monoisotopic (exact) mass is 345 g/mol. The number of imidazole rings is 1. The summed E-state index contributed by atoms with van der Waals surface area (Å²) in [6.45, 7) is 2.90. The van der Waals surface area contributed by atoms with Crippen molar-refractivity contribution in [2.45, 2.75) is 58.2 Å². The highest BCUT2D eigenvalue weighted by atomic mass is 35.5. The van der Waals surface area contributed by atoms with Crippen LogP contribution >= 0.6 is 11.6 Å². The molecule has 1 saturated carbocycles. The molecule has 1 heterocycles. The maximum atomic E-state index is 12.2. The summed E-state index contributed by atoms with van der Waals surface area (Å²) < 4.78 is 2.08. The summed E-state index contributed by atoms with van der Waals surface area (Å²) in [6.07, 6.45) is 9.66. The summed E-state index contributed by atoms with van der Waals surface area (Å²) in [5.74, 6) is 1.05. The van der Waals surface area contributed by atoms with Gasteiger partial charge in [-0.05, 0) is 24.5 Å². The Morgan fingerprint density at radius 2 is 2.04 bits per heavy atom. The number of carbonyl (C=O) groups excluding carboxylic acids is 1. The smallest absolute Gasteiger partial charge is 0.220 e. The number of hydrogen-bond donors (Lipinski definition) is 0. The zero-order valence-corrected chi connectivity index (χ0v) is 14.9. The molecule has 0 spiro atoms. The number of halogens is 1. The minimum Gasteiger partial charge on any atom is -0.332 e. The number of hydrogen-bond acceptors (Lipinski definition) is 2. The van der Waals surface area contributed by atoms with Crippen LogP contribution in [0.25, 0.3) is 0 Å². The topological polar surface area (TPSA) is 38.1 Å². The van der Waals surface area contributed by atoms with Crippen molar-refractivity contribution < 1.29 is 4.79 Å². The molecule has 4 nitrogen and oxygen atoms in total. The molecule has 128 valence electrons. The Morgan fingerprint density at radius 1 is 1.29 bits per heavy atom. The highest BCUT2D eigenvalue weighted by Gasteiger charge is 2.24. The van der Waals surface area contributed by atoms with Gasteiger partial charge in [0.1, 0.15) is 5.82 Å². The first kappa shape index (κ1) is 17.0. The van der Waals surface area contributed by atoms with Crippen LogP contribution in [0.2, 0.25) is 5.02 Å². The Hall–Kier alpha value is -1.81. The molecule has 24 heavy (non-hydrogen) atoms. The third-order valence-corrected chi connectivity index (χ3v) is 5.20. The van der Waals surface area contributed by atoms with Crippen LogP contribution in [-0.4, -0.2) is 26.4 Å². The van der Waals surface area contributed by atoms with E-state index in [4.69, 9.17) is 11.6 Å². The molecule has 1 fully saturated rings. The number of rotatable bonds is 5. The normalized spacial score (nSPS) is 15.4. The van der Waals surface area contributed by atoms with Gasteiger partial charge in [-0.1, -0.05) is 49.1 Å². The standard InChI is InChI=1S/C19H24ClN3O/c1-15(24)23(17-8-3-2-4-9-17)14-19-21-11-12-22(19)13-16-7-5-6-10-18(16)20/h5-7,10-12,17H,2-4,8-9,13-14H2,1H3. The van der Waals surface area contributed by atoms with Gasteiger partial charge in [-0.3, -0.25) is 4.79 Å². The predicted molar refractivity (Wildman–Crippen MR) is 95.9 cm³/mol. The van der Waals surface area contributed by atoms with E-state index in [0.717, 1.165) is 29.3 Å². The Labute approximate surface area is 148 Å². The average molecular weight is 346 g/mol. The Bertz CT molecular complexity index is 691. The maximum absolute atomic E-state index is 12.2. The van der Waals surface area contributed by atoms with Crippen LogP contribution in [0, 0.1) is 0 Å². The molecular formula is C19H24ClN3O. The van der Waals surface area contributed by atoms with Crippen LogP contribution in [0.1, 0.15) is 50.4 Å². The molecule has 1 amide bonds. The molecule has 2 aromatic rings. The van der Waals surface area contributed by atoms with Crippen LogP contribution < -0.4 is 0 Å². The van der Waals surface area contributed by atoms with E-state index in [-0.39, 0.29) is 5.91 Å². The minimum absolute atomic E-state index is 0.134. The first-order chi connectivity index (χ1) is 11.6. The van der Waals surface area contributed by atoms with Gasteiger partial charge in [0.25, 0.3) is 0 Å². The summed E-state index contributed by atoms with van der Waals surface area (Å²) in [5, 5.41) is 0.757. The van der Waals surface area contributed by atoms with Gasteiger partial charge in [0.2, 0.25) is 5.91 Å². The van der Waals surface area contributed by atoms with Gasteiger partial charge in [0, 0.05) is 30.4 Å². The molecular weight excluding hydrogens is 322 g/mol. The number of carbonyl (C=O) groups is 1. The van der Waals surface area contributed by atoms with Crippen LogP contribution in [0.5, 0.6) is 0 Å². The summed E-state index contributed by atoms with van der Waals surface area (Å²) in [4.78, 5) is 18.6. The number of nitrogens with zero attached hydrogens (tertiary/aromatic N) is 3. The Morgan fingerprint density at radius 3 is 2.75 bits per heavy atom. The zero-order chi connectivity index (χ0) is 16.9. The van der Waals surface area contributed by atoms with Crippen molar-refractivity contribution in [1.29, 1.82) is 0 Å². The van der Waals surface area contributed by atoms with Crippen LogP contribution in [-0.2, 0) is 17.9 Å². The number of benzene rings is 1. The maximum Gasteiger partial charge on any atom is 0.220 e. The van der Waals surface area contributed by atoms with E-state index in [1.807, 2.05) is 35.4 Å². The minimum atomic E-state index is 0.134. The SMILES string of the molecule is CC(=O)N(Cc1nccn1Cc1ccccc1Cl)C1CCCCC1. The number of aromatic nitrogens is 2. The molecule has 3 rings (SSSR count). The second kappa shape index (κ2) is 7.84. The molecule has 0 unspecified atom stereocenters. The van der Waals surface area contributed by atoms with E-state index in [0.29, 0.717) is 19.1 Å². The van der Waals surface area contributed by atoms with Gasteiger partial charge in [0.05, 0.1) is 13.1 Å². The van der Waals surface area contributed by atoms with E-state index in [1.165, 1.54) is 19.3 Å². The fourth-order valence-electron chi connectivity index (χ4n) is 3.49. The van der Waals surface area contributed by atoms with Crippen molar-refractivity contribution in [3.63, 3.8) is 0 Å². The molecule has 0 radical (unpaired) electrons. The van der Waals surface area contributed by atoms with Crippen molar-refractivity contribution in [2.75, 3.05) is 0 Å². The highest BCUT2D eigenvalue weighted by Crippen LogP contribution is 2.24. The van der Waals surface area contributed by atoms with E-state index in [9.17, 15) is 4.79 Å². The van der Waals surface area contributed by atoms with Crippen molar-refractivity contribution in [1.82, 2.24) is 14.5 Å². The highest BCUT2D eigenvalue weighted by molar-refractivity contribution is 6.31. The van der Waals surface area contributed by atoms with Crippen molar-refractivity contribution in [2.24, 2.45) is 0 Å². The summed E-state index contributed by atoms with van der Waals surface area (Å²) in [6, 6.07) is 8.19. The Kier molecular flexibility index (Phi) is 5.56. The van der Waals surface area contributed by atoms with Crippen LogP contribution in [0.3, 0.4) is 0 Å². The lowest BCUT2D eigenvalue weighted by Gasteiger charge is -2.33. The van der Waals surface area contributed by atoms with E-state index >= 15 is 0 Å². The van der Waals surface area contributed by atoms with Gasteiger partial charge in [-0.15, -0.1) is 0 Å². The van der Waals surface area contributed by atoms with Crippen molar-refractivity contribution in [3.05, 3.63) is 53.1 Å². The molecule has 0 bridgehead atoms. The summed E-state index contributed by atoms with van der Waals surface area (Å²) >= 11 is 6.27. The van der Waals surface area contributed by atoms with E-state index in [1.54, 1.807) is 13.1 Å². The third-order valence-electron chi connectivity index (χ3n) is 4.83. The third kappa shape index (κ3) is 3.99.